The Morgan fingerprint density at radius 2 is 1.69 bits per heavy atom. The van der Waals surface area contributed by atoms with Gasteiger partial charge in [-0.25, -0.2) is 0 Å². The van der Waals surface area contributed by atoms with Gasteiger partial charge in [0.25, 0.3) is 0 Å². The molecule has 2 rings (SSSR count). The first kappa shape index (κ1) is 19.7. The average Bonchev–Trinajstić information content (AvgIpc) is 2.65. The van der Waals surface area contributed by atoms with Crippen LogP contribution >= 0.6 is 0 Å². The zero-order valence-electron chi connectivity index (χ0n) is 14.9. The lowest BCUT2D eigenvalue weighted by Gasteiger charge is -2.12. The number of amides is 1. The second-order valence-corrected chi connectivity index (χ2v) is 5.81. The molecule has 0 unspecified atom stereocenters. The van der Waals surface area contributed by atoms with Gasteiger partial charge in [0, 0.05) is 13.0 Å². The number of nitrogens with one attached hydrogen (secondary N) is 1. The Bertz CT molecular complexity index is 717. The lowest BCUT2D eigenvalue weighted by molar-refractivity contribution is -0.121. The summed E-state index contributed by atoms with van der Waals surface area (Å²) < 4.78 is 34.1. The number of ether oxygens (including phenoxy) is 2. The van der Waals surface area contributed by atoms with Gasteiger partial charge in [-0.1, -0.05) is 37.3 Å². The van der Waals surface area contributed by atoms with Crippen molar-refractivity contribution in [1.29, 1.82) is 0 Å². The first-order valence-corrected chi connectivity index (χ1v) is 8.48. The molecule has 0 heterocycles. The van der Waals surface area contributed by atoms with Gasteiger partial charge in [-0.2, -0.15) is 8.78 Å². The topological polar surface area (TPSA) is 47.6 Å². The van der Waals surface area contributed by atoms with Crippen molar-refractivity contribution in [2.24, 2.45) is 0 Å². The minimum Gasteiger partial charge on any atom is -0.493 e. The molecule has 0 radical (unpaired) electrons. The normalized spacial score (nSPS) is 10.7. The van der Waals surface area contributed by atoms with Crippen molar-refractivity contribution < 1.29 is 23.0 Å². The van der Waals surface area contributed by atoms with E-state index >= 15 is 0 Å². The van der Waals surface area contributed by atoms with Gasteiger partial charge in [0.15, 0.2) is 11.5 Å². The Labute approximate surface area is 152 Å². The molecule has 2 aromatic rings. The molecule has 0 aliphatic rings. The van der Waals surface area contributed by atoms with E-state index in [1.165, 1.54) is 18.7 Å². The molecular weight excluding hydrogens is 340 g/mol. The van der Waals surface area contributed by atoms with E-state index in [0.717, 1.165) is 17.5 Å². The number of hydrogen-bond donors (Lipinski definition) is 1. The van der Waals surface area contributed by atoms with Crippen LogP contribution in [0.15, 0.2) is 42.5 Å². The van der Waals surface area contributed by atoms with Crippen molar-refractivity contribution in [3.05, 3.63) is 59.2 Å². The molecule has 0 atom stereocenters. The number of alkyl halides is 2. The number of carbonyl (C=O) groups excluding carboxylic acids is 1. The molecule has 0 aliphatic carbocycles. The molecule has 1 amide bonds. The third kappa shape index (κ3) is 6.02. The minimum absolute atomic E-state index is 0.0342. The van der Waals surface area contributed by atoms with Crippen molar-refractivity contribution in [2.75, 3.05) is 7.11 Å². The summed E-state index contributed by atoms with van der Waals surface area (Å²) in [6.45, 7) is -0.524. The standard InChI is InChI=1S/C20H23F2NO3/c1-3-14-4-6-15(7-5-14)9-11-19(24)23-13-16-8-10-17(26-20(21)22)18(12-16)25-2/h4-8,10,12,20H,3,9,11,13H2,1-2H3,(H,23,24). The van der Waals surface area contributed by atoms with Crippen molar-refractivity contribution in [3.8, 4) is 11.5 Å². The Balaban J connectivity index is 1.84. The molecule has 26 heavy (non-hydrogen) atoms. The van der Waals surface area contributed by atoms with E-state index in [-0.39, 0.29) is 17.4 Å². The highest BCUT2D eigenvalue weighted by molar-refractivity contribution is 5.76. The van der Waals surface area contributed by atoms with E-state index in [1.807, 2.05) is 12.1 Å². The van der Waals surface area contributed by atoms with Crippen LogP contribution < -0.4 is 14.8 Å². The molecule has 0 saturated heterocycles. The molecule has 1 N–H and O–H groups in total. The van der Waals surface area contributed by atoms with E-state index in [9.17, 15) is 13.6 Å². The third-order valence-corrected chi connectivity index (χ3v) is 4.01. The Morgan fingerprint density at radius 1 is 1.04 bits per heavy atom. The van der Waals surface area contributed by atoms with Gasteiger partial charge >= 0.3 is 6.61 Å². The highest BCUT2D eigenvalue weighted by Gasteiger charge is 2.11. The van der Waals surface area contributed by atoms with Gasteiger partial charge in [-0.15, -0.1) is 0 Å². The van der Waals surface area contributed by atoms with Crippen LogP contribution in [-0.4, -0.2) is 19.6 Å². The van der Waals surface area contributed by atoms with E-state index in [1.54, 1.807) is 12.1 Å². The van der Waals surface area contributed by atoms with Crippen molar-refractivity contribution in [3.63, 3.8) is 0 Å². The first-order valence-electron chi connectivity index (χ1n) is 8.48. The summed E-state index contributed by atoms with van der Waals surface area (Å²) >= 11 is 0. The molecule has 4 nitrogen and oxygen atoms in total. The second-order valence-electron chi connectivity index (χ2n) is 5.81. The molecule has 0 saturated carbocycles. The van der Waals surface area contributed by atoms with Crippen LogP contribution in [-0.2, 0) is 24.2 Å². The van der Waals surface area contributed by atoms with Crippen LogP contribution in [0.25, 0.3) is 0 Å². The number of aryl methyl sites for hydroxylation is 2. The van der Waals surface area contributed by atoms with Gasteiger partial charge in [-0.05, 0) is 41.7 Å². The zero-order valence-corrected chi connectivity index (χ0v) is 14.9. The molecule has 0 fully saturated rings. The lowest BCUT2D eigenvalue weighted by Crippen LogP contribution is -2.23. The smallest absolute Gasteiger partial charge is 0.387 e. The number of hydrogen-bond acceptors (Lipinski definition) is 3. The summed E-state index contributed by atoms with van der Waals surface area (Å²) in [7, 11) is 1.37. The fourth-order valence-corrected chi connectivity index (χ4v) is 2.50. The molecule has 6 heteroatoms. The van der Waals surface area contributed by atoms with Gasteiger partial charge in [0.05, 0.1) is 7.11 Å². The van der Waals surface area contributed by atoms with Crippen LogP contribution in [0.3, 0.4) is 0 Å². The van der Waals surface area contributed by atoms with Crippen LogP contribution in [0.2, 0.25) is 0 Å². The molecule has 0 aliphatic heterocycles. The summed E-state index contributed by atoms with van der Waals surface area (Å²) in [5.41, 5.74) is 3.13. The van der Waals surface area contributed by atoms with Crippen molar-refractivity contribution in [2.45, 2.75) is 39.3 Å². The van der Waals surface area contributed by atoms with Crippen LogP contribution in [0, 0.1) is 0 Å². The quantitative estimate of drug-likeness (QED) is 0.729. The van der Waals surface area contributed by atoms with E-state index in [0.29, 0.717) is 19.4 Å². The average molecular weight is 363 g/mol. The highest BCUT2D eigenvalue weighted by Crippen LogP contribution is 2.29. The number of halogens is 2. The van der Waals surface area contributed by atoms with Crippen LogP contribution in [0.4, 0.5) is 8.78 Å². The summed E-state index contributed by atoms with van der Waals surface area (Å²) in [5.74, 6) is 0.0950. The van der Waals surface area contributed by atoms with Crippen molar-refractivity contribution >= 4 is 5.91 Å². The fourth-order valence-electron chi connectivity index (χ4n) is 2.50. The molecule has 0 bridgehead atoms. The second kappa shape index (κ2) is 9.75. The van der Waals surface area contributed by atoms with E-state index in [4.69, 9.17) is 4.74 Å². The Hall–Kier alpha value is -2.63. The number of methoxy groups -OCH3 is 1. The first-order chi connectivity index (χ1) is 12.5. The summed E-state index contributed by atoms with van der Waals surface area (Å²) in [6.07, 6.45) is 2.04. The predicted molar refractivity (Wildman–Crippen MR) is 95.6 cm³/mol. The maximum absolute atomic E-state index is 12.3. The lowest BCUT2D eigenvalue weighted by atomic mass is 10.1. The van der Waals surface area contributed by atoms with Gasteiger partial charge in [0.2, 0.25) is 5.91 Å². The molecular formula is C20H23F2NO3. The van der Waals surface area contributed by atoms with Gasteiger partial charge < -0.3 is 14.8 Å². The maximum atomic E-state index is 12.3. The van der Waals surface area contributed by atoms with Crippen LogP contribution in [0.5, 0.6) is 11.5 Å². The molecule has 140 valence electrons. The Morgan fingerprint density at radius 3 is 2.31 bits per heavy atom. The molecule has 0 spiro atoms. The number of carbonyl (C=O) groups is 1. The predicted octanol–water partition coefficient (Wildman–Crippen LogP) is 4.11. The summed E-state index contributed by atoms with van der Waals surface area (Å²) in [4.78, 5) is 12.0. The largest absolute Gasteiger partial charge is 0.493 e. The van der Waals surface area contributed by atoms with Gasteiger partial charge in [0.1, 0.15) is 0 Å². The SMILES string of the molecule is CCc1ccc(CCC(=O)NCc2ccc(OC(F)F)c(OC)c2)cc1. The van der Waals surface area contributed by atoms with Crippen molar-refractivity contribution in [1.82, 2.24) is 5.32 Å². The van der Waals surface area contributed by atoms with E-state index in [2.05, 4.69) is 29.1 Å². The van der Waals surface area contributed by atoms with E-state index < -0.39 is 6.61 Å². The Kier molecular flexibility index (Phi) is 7.38. The minimum atomic E-state index is -2.92. The highest BCUT2D eigenvalue weighted by atomic mass is 19.3. The number of benzene rings is 2. The maximum Gasteiger partial charge on any atom is 0.387 e. The third-order valence-electron chi connectivity index (χ3n) is 4.01. The molecule has 2 aromatic carbocycles. The summed E-state index contributed by atoms with van der Waals surface area (Å²) in [5, 5.41) is 2.82. The van der Waals surface area contributed by atoms with Gasteiger partial charge in [-0.3, -0.25) is 4.79 Å². The van der Waals surface area contributed by atoms with Crippen LogP contribution in [0.1, 0.15) is 30.0 Å². The zero-order chi connectivity index (χ0) is 18.9. The number of rotatable bonds is 9. The molecule has 0 aromatic heterocycles. The fraction of sp³-hybridized carbons (Fsp3) is 0.350. The monoisotopic (exact) mass is 363 g/mol. The summed E-state index contributed by atoms with van der Waals surface area (Å²) in [6, 6.07) is 12.8.